The van der Waals surface area contributed by atoms with Crippen molar-refractivity contribution >= 4 is 28.9 Å². The molecule has 5 atom stereocenters. The molecule has 246 valence electrons. The summed E-state index contributed by atoms with van der Waals surface area (Å²) in [5, 5.41) is 46.1. The van der Waals surface area contributed by atoms with E-state index in [0.29, 0.717) is 18.0 Å². The number of carbonyl (C=O) groups is 3. The molecule has 0 aromatic heterocycles. The molecule has 1 aromatic carbocycles. The van der Waals surface area contributed by atoms with Gasteiger partial charge in [0.05, 0.1) is 11.6 Å². The maximum atomic E-state index is 14.2. The van der Waals surface area contributed by atoms with Gasteiger partial charge in [-0.25, -0.2) is 0 Å². The highest BCUT2D eigenvalue weighted by atomic mass is 16.3. The molecule has 45 heavy (non-hydrogen) atoms. The summed E-state index contributed by atoms with van der Waals surface area (Å²) < 4.78 is 0. The van der Waals surface area contributed by atoms with Crippen LogP contribution in [0.25, 0.3) is 5.76 Å². The van der Waals surface area contributed by atoms with Crippen molar-refractivity contribution in [2.75, 3.05) is 39.6 Å². The van der Waals surface area contributed by atoms with E-state index in [1.54, 1.807) is 20.2 Å². The van der Waals surface area contributed by atoms with E-state index in [-0.39, 0.29) is 41.2 Å². The number of hydrogen-bond donors (Lipinski definition) is 5. The maximum Gasteiger partial charge on any atom is 0.255 e. The third kappa shape index (κ3) is 5.22. The number of Topliss-reactive ketones (excluding diaryl/α,β-unsaturated/α-hetero) is 2. The molecule has 2 saturated carbocycles. The molecule has 11 heteroatoms. The van der Waals surface area contributed by atoms with Crippen molar-refractivity contribution in [3.05, 3.63) is 39.7 Å². The predicted octanol–water partition coefficient (Wildman–Crippen LogP) is 2.68. The molecule has 1 aromatic rings. The van der Waals surface area contributed by atoms with Crippen molar-refractivity contribution in [2.24, 2.45) is 28.9 Å². The summed E-state index contributed by atoms with van der Waals surface area (Å²) in [5.74, 6) is -5.87. The van der Waals surface area contributed by atoms with Crippen molar-refractivity contribution in [3.63, 3.8) is 0 Å². The average molecular weight is 625 g/mol. The Morgan fingerprint density at radius 3 is 2.24 bits per heavy atom. The van der Waals surface area contributed by atoms with Gasteiger partial charge in [-0.1, -0.05) is 20.8 Å². The number of primary amides is 1. The Morgan fingerprint density at radius 2 is 1.73 bits per heavy atom. The highest BCUT2D eigenvalue weighted by Gasteiger charge is 2.64. The van der Waals surface area contributed by atoms with Crippen LogP contribution in [0.2, 0.25) is 0 Å². The summed E-state index contributed by atoms with van der Waals surface area (Å²) >= 11 is 0. The molecule has 1 amide bonds. The number of amides is 1. The highest BCUT2D eigenvalue weighted by molar-refractivity contribution is 6.24. The lowest BCUT2D eigenvalue weighted by Gasteiger charge is -2.50. The third-order valence-corrected chi connectivity index (χ3v) is 10.6. The van der Waals surface area contributed by atoms with E-state index >= 15 is 0 Å². The molecule has 6 N–H and O–H groups in total. The van der Waals surface area contributed by atoms with Crippen LogP contribution in [0.3, 0.4) is 0 Å². The van der Waals surface area contributed by atoms with Crippen LogP contribution in [0.5, 0.6) is 5.75 Å². The number of carbonyl (C=O) groups excluding carboxylic acids is 3. The number of aliphatic hydroxyl groups is 3. The molecule has 0 spiro atoms. The van der Waals surface area contributed by atoms with Crippen molar-refractivity contribution in [3.8, 4) is 5.75 Å². The van der Waals surface area contributed by atoms with Gasteiger partial charge >= 0.3 is 0 Å². The molecular formula is C34H48N4O7. The van der Waals surface area contributed by atoms with Crippen LogP contribution in [0, 0.1) is 23.2 Å². The Labute approximate surface area is 265 Å². The summed E-state index contributed by atoms with van der Waals surface area (Å²) in [6.07, 6.45) is 2.71. The molecule has 0 aliphatic heterocycles. The second-order valence-corrected chi connectivity index (χ2v) is 15.0. The van der Waals surface area contributed by atoms with Gasteiger partial charge in [-0.2, -0.15) is 0 Å². The Balaban J connectivity index is 1.66. The molecular weight excluding hydrogens is 576 g/mol. The molecule has 0 bridgehead atoms. The number of ketones is 2. The van der Waals surface area contributed by atoms with E-state index in [1.165, 1.54) is 17.7 Å². The zero-order valence-electron chi connectivity index (χ0n) is 27.6. The highest BCUT2D eigenvalue weighted by Crippen LogP contribution is 2.54. The van der Waals surface area contributed by atoms with Crippen LogP contribution < -0.4 is 10.6 Å². The zero-order valence-corrected chi connectivity index (χ0v) is 27.6. The lowest BCUT2D eigenvalue weighted by atomic mass is 9.57. The van der Waals surface area contributed by atoms with Gasteiger partial charge in [0.1, 0.15) is 22.8 Å². The van der Waals surface area contributed by atoms with Gasteiger partial charge in [-0.15, -0.1) is 0 Å². The van der Waals surface area contributed by atoms with Crippen molar-refractivity contribution in [1.82, 2.24) is 9.80 Å². The lowest BCUT2D eigenvalue weighted by Crippen LogP contribution is -2.65. The van der Waals surface area contributed by atoms with Crippen LogP contribution in [0.15, 0.2) is 23.0 Å². The average Bonchev–Trinajstić information content (AvgIpc) is 3.72. The number of hydrogen-bond acceptors (Lipinski definition) is 10. The largest absolute Gasteiger partial charge is 0.508 e. The minimum absolute atomic E-state index is 0.0212. The van der Waals surface area contributed by atoms with Gasteiger partial charge in [0, 0.05) is 50.4 Å². The van der Waals surface area contributed by atoms with Gasteiger partial charge in [0.25, 0.3) is 5.91 Å². The summed E-state index contributed by atoms with van der Waals surface area (Å²) in [5.41, 5.74) is 4.34. The predicted molar refractivity (Wildman–Crippen MR) is 171 cm³/mol. The Kier molecular flexibility index (Phi) is 8.16. The summed E-state index contributed by atoms with van der Waals surface area (Å²) in [4.78, 5) is 45.7. The lowest BCUT2D eigenvalue weighted by molar-refractivity contribution is -0.153. The van der Waals surface area contributed by atoms with E-state index in [9.17, 15) is 34.8 Å². The number of anilines is 1. The number of aliphatic hydroxyl groups excluding tert-OH is 2. The minimum Gasteiger partial charge on any atom is -0.508 e. The van der Waals surface area contributed by atoms with Gasteiger partial charge in [-0.3, -0.25) is 24.2 Å². The fraction of sp³-hybridized carbons (Fsp3) is 0.618. The molecule has 0 saturated heterocycles. The standard InChI is InChI=1S/C34H48N4O7/c1-16(33(2,3)4)38(14-17-9-10-17)15-19-13-22(39)24-20(26(19)36(5)6)11-18-12-21-27(37(7)8)29(41)25(32(35)44)31(43)34(21,45)30(42)23(18)28(24)40/h13,16-18,21,27,39-40,43,45H,9-12,14-15H2,1-8H3,(H2,35,44)/t16-,18+,21+,27+,34+/m1/s1. The summed E-state index contributed by atoms with van der Waals surface area (Å²) in [7, 11) is 7.00. The van der Waals surface area contributed by atoms with Crippen molar-refractivity contribution in [2.45, 2.75) is 77.6 Å². The van der Waals surface area contributed by atoms with Gasteiger partial charge in [0.2, 0.25) is 5.78 Å². The second-order valence-electron chi connectivity index (χ2n) is 15.0. The molecule has 4 aliphatic carbocycles. The van der Waals surface area contributed by atoms with E-state index in [0.717, 1.165) is 17.8 Å². The molecule has 11 nitrogen and oxygen atoms in total. The zero-order chi connectivity index (χ0) is 33.5. The van der Waals surface area contributed by atoms with Crippen LogP contribution in [-0.2, 0) is 27.3 Å². The number of aromatic hydroxyl groups is 1. The minimum atomic E-state index is -2.66. The van der Waals surface area contributed by atoms with E-state index in [1.807, 2.05) is 19.0 Å². The smallest absolute Gasteiger partial charge is 0.255 e. The van der Waals surface area contributed by atoms with Crippen LogP contribution in [0.4, 0.5) is 5.69 Å². The van der Waals surface area contributed by atoms with E-state index in [2.05, 4.69) is 32.6 Å². The fourth-order valence-corrected chi connectivity index (χ4v) is 7.80. The number of nitrogens with two attached hydrogens (primary N) is 1. The molecule has 0 unspecified atom stereocenters. The van der Waals surface area contributed by atoms with Crippen molar-refractivity contribution < 1.29 is 34.8 Å². The number of likely N-dealkylation sites (N-methyl/N-ethyl adjacent to an activating group) is 1. The SMILES string of the molecule is C[C@@H](N(Cc1cc(O)c2c(c1N(C)C)C[C@H]1C[C@H]3[C@H](N(C)C)C(=O)C(C(N)=O)=C(O)[C@@]3(O)C(=O)C1=C2O)CC1CC1)C(C)(C)C. The second kappa shape index (κ2) is 11.1. The first-order valence-corrected chi connectivity index (χ1v) is 15.8. The molecule has 0 heterocycles. The van der Waals surface area contributed by atoms with Gasteiger partial charge in [0.15, 0.2) is 11.4 Å². The summed E-state index contributed by atoms with van der Waals surface area (Å²) in [6, 6.07) is 0.776. The monoisotopic (exact) mass is 624 g/mol. The van der Waals surface area contributed by atoms with Gasteiger partial charge in [-0.05, 0) is 81.1 Å². The first-order valence-electron chi connectivity index (χ1n) is 15.8. The number of fused-ring (bicyclic) bond motifs is 3. The number of phenolic OH excluding ortho intramolecular Hbond substituents is 1. The Bertz CT molecular complexity index is 1520. The Hall–Kier alpha value is -3.41. The number of rotatable bonds is 8. The van der Waals surface area contributed by atoms with E-state index < -0.39 is 58.0 Å². The topological polar surface area (TPSA) is 168 Å². The van der Waals surface area contributed by atoms with Crippen LogP contribution in [0.1, 0.15) is 63.6 Å². The normalized spacial score (nSPS) is 27.5. The number of benzene rings is 1. The first-order chi connectivity index (χ1) is 20.8. The molecule has 5 rings (SSSR count). The summed E-state index contributed by atoms with van der Waals surface area (Å²) in [6.45, 7) is 10.4. The van der Waals surface area contributed by atoms with E-state index in [4.69, 9.17) is 5.73 Å². The quantitative estimate of drug-likeness (QED) is 0.271. The fourth-order valence-electron chi connectivity index (χ4n) is 7.80. The number of nitrogens with zero attached hydrogens (tertiary/aromatic N) is 3. The Morgan fingerprint density at radius 1 is 1.11 bits per heavy atom. The van der Waals surface area contributed by atoms with Crippen LogP contribution >= 0.6 is 0 Å². The number of phenols is 1. The molecule has 4 aliphatic rings. The van der Waals surface area contributed by atoms with Crippen LogP contribution in [-0.4, -0.2) is 100 Å². The third-order valence-electron chi connectivity index (χ3n) is 10.6. The first kappa shape index (κ1) is 33.0. The maximum absolute atomic E-state index is 14.2. The molecule has 2 fully saturated rings. The molecule has 0 radical (unpaired) electrons. The van der Waals surface area contributed by atoms with Crippen molar-refractivity contribution in [1.29, 1.82) is 0 Å². The van der Waals surface area contributed by atoms with Gasteiger partial charge < -0.3 is 31.1 Å².